The Kier molecular flexibility index (Phi) is 7.06. The molecule has 1 aliphatic rings. The smallest absolute Gasteiger partial charge is 0.0994 e. The lowest BCUT2D eigenvalue weighted by atomic mass is 9.72. The lowest BCUT2D eigenvalue weighted by Gasteiger charge is -2.32. The molecule has 0 spiro atoms. The average molecular weight is 336 g/mol. The molecule has 1 heteroatoms. The first-order valence-corrected chi connectivity index (χ1v) is 9.84. The molecule has 0 bridgehead atoms. The molecule has 0 heterocycles. The maximum absolute atomic E-state index is 9.81. The first kappa shape index (κ1) is 19.5. The van der Waals surface area contributed by atoms with E-state index in [1.54, 1.807) is 0 Å². The molecule has 1 nitrogen and oxygen atoms in total. The minimum atomic E-state index is 0.301. The van der Waals surface area contributed by atoms with E-state index in [2.05, 4.69) is 58.6 Å². The Balaban J connectivity index is 2.35. The number of nitrogens with zero attached hydrogens (tertiary/aromatic N) is 1. The van der Waals surface area contributed by atoms with Gasteiger partial charge in [0.2, 0.25) is 0 Å². The summed E-state index contributed by atoms with van der Waals surface area (Å²) in [6.07, 6.45) is 10.8. The Morgan fingerprint density at radius 3 is 2.64 bits per heavy atom. The van der Waals surface area contributed by atoms with Crippen molar-refractivity contribution in [3.05, 3.63) is 58.2 Å². The highest BCUT2D eigenvalue weighted by Gasteiger charge is 2.28. The van der Waals surface area contributed by atoms with Gasteiger partial charge in [-0.3, -0.25) is 0 Å². The number of hydrogen-bond acceptors (Lipinski definition) is 1. The summed E-state index contributed by atoms with van der Waals surface area (Å²) in [5, 5.41) is 9.81. The van der Waals surface area contributed by atoms with Crippen LogP contribution in [-0.4, -0.2) is 0 Å². The van der Waals surface area contributed by atoms with Crippen LogP contribution in [0.4, 0.5) is 0 Å². The van der Waals surface area contributed by atoms with Crippen LogP contribution in [0.25, 0.3) is 0 Å². The van der Waals surface area contributed by atoms with Crippen molar-refractivity contribution in [3.8, 4) is 6.07 Å². The van der Waals surface area contributed by atoms with Gasteiger partial charge in [0.25, 0.3) is 0 Å². The Morgan fingerprint density at radius 1 is 1.24 bits per heavy atom. The molecular formula is C24H33N. The van der Waals surface area contributed by atoms with E-state index in [1.165, 1.54) is 53.5 Å². The highest BCUT2D eigenvalue weighted by molar-refractivity contribution is 5.50. The molecule has 2 rings (SSSR count). The van der Waals surface area contributed by atoms with Gasteiger partial charge in [-0.1, -0.05) is 56.1 Å². The monoisotopic (exact) mass is 335 g/mol. The van der Waals surface area contributed by atoms with Gasteiger partial charge in [-0.15, -0.1) is 0 Å². The summed E-state index contributed by atoms with van der Waals surface area (Å²) < 4.78 is 0. The van der Waals surface area contributed by atoms with Crippen molar-refractivity contribution in [2.45, 2.75) is 78.6 Å². The van der Waals surface area contributed by atoms with E-state index in [4.69, 9.17) is 0 Å². The van der Waals surface area contributed by atoms with E-state index in [9.17, 15) is 5.26 Å². The van der Waals surface area contributed by atoms with Crippen LogP contribution in [0.2, 0.25) is 0 Å². The minimum Gasteiger partial charge on any atom is -0.192 e. The number of benzene rings is 1. The average Bonchev–Trinajstić information content (AvgIpc) is 2.57. The molecule has 1 aliphatic carbocycles. The maximum atomic E-state index is 9.81. The highest BCUT2D eigenvalue weighted by atomic mass is 14.3. The number of hydrogen-bond donors (Lipinski definition) is 0. The summed E-state index contributed by atoms with van der Waals surface area (Å²) in [7, 11) is 0. The molecule has 0 saturated heterocycles. The Labute approximate surface area is 154 Å². The topological polar surface area (TPSA) is 23.8 Å². The summed E-state index contributed by atoms with van der Waals surface area (Å²) in [5.41, 5.74) is 7.36. The van der Waals surface area contributed by atoms with E-state index in [0.29, 0.717) is 11.8 Å². The second kappa shape index (κ2) is 9.04. The van der Waals surface area contributed by atoms with E-state index >= 15 is 0 Å². The van der Waals surface area contributed by atoms with Crippen molar-refractivity contribution < 1.29 is 0 Å². The zero-order valence-electron chi connectivity index (χ0n) is 16.5. The molecule has 0 aromatic heterocycles. The van der Waals surface area contributed by atoms with Crippen molar-refractivity contribution in [1.82, 2.24) is 0 Å². The molecular weight excluding hydrogens is 302 g/mol. The molecule has 0 fully saturated rings. The van der Waals surface area contributed by atoms with Gasteiger partial charge in [0.1, 0.15) is 0 Å². The van der Waals surface area contributed by atoms with Crippen molar-refractivity contribution in [3.63, 3.8) is 0 Å². The predicted molar refractivity (Wildman–Crippen MR) is 108 cm³/mol. The van der Waals surface area contributed by atoms with Gasteiger partial charge in [-0.2, -0.15) is 5.26 Å². The Hall–Kier alpha value is -1.81. The quantitative estimate of drug-likeness (QED) is 0.388. The van der Waals surface area contributed by atoms with Crippen molar-refractivity contribution in [2.24, 2.45) is 5.92 Å². The van der Waals surface area contributed by atoms with Gasteiger partial charge in [0, 0.05) is 5.92 Å². The standard InChI is InChI=1S/C24H33N/c1-6-7-8-9-10-20-14-19(5)24(21(15-20)16-25)23-13-18(4)11-12-22(23)17(2)3/h13-15,22-23H,2,6-12H2,1,3-5H3/t22-,23-/m1/s1. The minimum absolute atomic E-state index is 0.301. The van der Waals surface area contributed by atoms with Crippen LogP contribution < -0.4 is 0 Å². The summed E-state index contributed by atoms with van der Waals surface area (Å²) in [4.78, 5) is 0. The molecule has 1 aromatic carbocycles. The van der Waals surface area contributed by atoms with Crippen molar-refractivity contribution in [1.29, 1.82) is 5.26 Å². The molecule has 0 saturated carbocycles. The van der Waals surface area contributed by atoms with Crippen LogP contribution >= 0.6 is 0 Å². The summed E-state index contributed by atoms with van der Waals surface area (Å²) in [6.45, 7) is 13.0. The zero-order chi connectivity index (χ0) is 18.4. The van der Waals surface area contributed by atoms with Crippen molar-refractivity contribution in [2.75, 3.05) is 0 Å². The SMILES string of the molecule is C=C(C)[C@H]1CCC(C)=C[C@H]1c1c(C)cc(CCCCCC)cc1C#N. The molecule has 134 valence electrons. The summed E-state index contributed by atoms with van der Waals surface area (Å²) >= 11 is 0. The highest BCUT2D eigenvalue weighted by Crippen LogP contribution is 2.42. The van der Waals surface area contributed by atoms with Crippen LogP contribution in [0.1, 0.15) is 87.5 Å². The zero-order valence-corrected chi connectivity index (χ0v) is 16.5. The first-order valence-electron chi connectivity index (χ1n) is 9.84. The lowest BCUT2D eigenvalue weighted by molar-refractivity contribution is 0.481. The summed E-state index contributed by atoms with van der Waals surface area (Å²) in [5.74, 6) is 0.750. The molecule has 0 radical (unpaired) electrons. The number of unbranched alkanes of at least 4 members (excludes halogenated alkanes) is 3. The lowest BCUT2D eigenvalue weighted by Crippen LogP contribution is -2.19. The fraction of sp³-hybridized carbons (Fsp3) is 0.542. The third-order valence-electron chi connectivity index (χ3n) is 5.60. The molecule has 0 unspecified atom stereocenters. The summed E-state index contributed by atoms with van der Waals surface area (Å²) in [6, 6.07) is 6.95. The molecule has 0 amide bonds. The fourth-order valence-electron chi connectivity index (χ4n) is 4.21. The van der Waals surface area contributed by atoms with E-state index in [-0.39, 0.29) is 0 Å². The van der Waals surface area contributed by atoms with Gasteiger partial charge in [-0.25, -0.2) is 0 Å². The third kappa shape index (κ3) is 4.85. The number of aryl methyl sites for hydroxylation is 2. The van der Waals surface area contributed by atoms with E-state index < -0.39 is 0 Å². The Morgan fingerprint density at radius 2 is 2.00 bits per heavy atom. The second-order valence-corrected chi connectivity index (χ2v) is 7.83. The Bertz CT molecular complexity index is 687. The molecule has 0 N–H and O–H groups in total. The van der Waals surface area contributed by atoms with Gasteiger partial charge < -0.3 is 0 Å². The van der Waals surface area contributed by atoms with Gasteiger partial charge >= 0.3 is 0 Å². The number of allylic oxidation sites excluding steroid dienone is 3. The van der Waals surface area contributed by atoms with Crippen molar-refractivity contribution >= 4 is 0 Å². The molecule has 1 aromatic rings. The predicted octanol–water partition coefficient (Wildman–Crippen LogP) is 7.01. The molecule has 0 aliphatic heterocycles. The third-order valence-corrected chi connectivity index (χ3v) is 5.60. The largest absolute Gasteiger partial charge is 0.192 e. The van der Waals surface area contributed by atoms with Crippen LogP contribution in [0.3, 0.4) is 0 Å². The maximum Gasteiger partial charge on any atom is 0.0994 e. The first-order chi connectivity index (χ1) is 12.0. The van der Waals surface area contributed by atoms with Crippen LogP contribution in [-0.2, 0) is 6.42 Å². The molecule has 25 heavy (non-hydrogen) atoms. The van der Waals surface area contributed by atoms with Crippen LogP contribution in [0.5, 0.6) is 0 Å². The van der Waals surface area contributed by atoms with Gasteiger partial charge in [-0.05, 0) is 75.1 Å². The van der Waals surface area contributed by atoms with Gasteiger partial charge in [0.05, 0.1) is 11.6 Å². The normalized spacial score (nSPS) is 20.0. The second-order valence-electron chi connectivity index (χ2n) is 7.83. The number of rotatable bonds is 7. The van der Waals surface area contributed by atoms with E-state index in [0.717, 1.165) is 24.8 Å². The van der Waals surface area contributed by atoms with Gasteiger partial charge in [0.15, 0.2) is 0 Å². The number of nitriles is 1. The molecule has 2 atom stereocenters. The fourth-order valence-corrected chi connectivity index (χ4v) is 4.21. The van der Waals surface area contributed by atoms with E-state index in [1.807, 2.05) is 0 Å². The van der Waals surface area contributed by atoms with Crippen LogP contribution in [0.15, 0.2) is 35.9 Å². The van der Waals surface area contributed by atoms with Crippen LogP contribution in [0, 0.1) is 24.2 Å².